The Bertz CT molecular complexity index is 535. The lowest BCUT2D eigenvalue weighted by molar-refractivity contribution is 0.0963. The van der Waals surface area contributed by atoms with Crippen molar-refractivity contribution in [2.24, 2.45) is 4.99 Å². The average Bonchev–Trinajstić information content (AvgIpc) is 2.54. The normalized spacial score (nSPS) is 11.4. The number of carbonyl (C=O) groups excluding carboxylic acids is 1. The smallest absolute Gasteiger partial charge is 0.251 e. The summed E-state index contributed by atoms with van der Waals surface area (Å²) in [5.74, 6) is 0.679. The minimum Gasteiger partial charge on any atom is -0.355 e. The summed E-state index contributed by atoms with van der Waals surface area (Å²) >= 11 is 1.81. The van der Waals surface area contributed by atoms with Gasteiger partial charge in [0.05, 0.1) is 0 Å². The zero-order valence-electron chi connectivity index (χ0n) is 14.4. The van der Waals surface area contributed by atoms with E-state index >= 15 is 0 Å². The molecule has 0 spiro atoms. The van der Waals surface area contributed by atoms with E-state index in [1.54, 1.807) is 20.2 Å². The Morgan fingerprint density at radius 3 is 2.57 bits per heavy atom. The lowest BCUT2D eigenvalue weighted by atomic mass is 10.1. The minimum atomic E-state index is -0.0777. The van der Waals surface area contributed by atoms with E-state index in [2.05, 4.69) is 41.0 Å². The van der Waals surface area contributed by atoms with Crippen molar-refractivity contribution in [1.29, 1.82) is 0 Å². The molecular weight excluding hydrogens is 423 g/mol. The highest BCUT2D eigenvalue weighted by molar-refractivity contribution is 14.0. The van der Waals surface area contributed by atoms with Crippen LogP contribution in [0.3, 0.4) is 0 Å². The fraction of sp³-hybridized carbons (Fsp3) is 0.500. The van der Waals surface area contributed by atoms with E-state index in [0.717, 1.165) is 18.1 Å². The number of nitrogens with one attached hydrogen (secondary N) is 3. The minimum absolute atomic E-state index is 0. The number of thioether (sulfide) groups is 1. The highest BCUT2D eigenvalue weighted by Gasteiger charge is 2.16. The second-order valence-corrected chi connectivity index (χ2v) is 7.04. The van der Waals surface area contributed by atoms with Crippen molar-refractivity contribution in [2.45, 2.75) is 25.1 Å². The lowest BCUT2D eigenvalue weighted by Crippen LogP contribution is -2.43. The first-order valence-electron chi connectivity index (χ1n) is 7.22. The van der Waals surface area contributed by atoms with Crippen LogP contribution in [0.4, 0.5) is 0 Å². The largest absolute Gasteiger partial charge is 0.355 e. The Balaban J connectivity index is 0.00000484. The van der Waals surface area contributed by atoms with Crippen molar-refractivity contribution < 1.29 is 4.79 Å². The Labute approximate surface area is 160 Å². The molecule has 1 rings (SSSR count). The van der Waals surface area contributed by atoms with Crippen LogP contribution in [0.25, 0.3) is 0 Å². The monoisotopic (exact) mass is 450 g/mol. The molecule has 0 radical (unpaired) electrons. The maximum Gasteiger partial charge on any atom is 0.251 e. The third-order valence-corrected chi connectivity index (χ3v) is 4.58. The molecule has 0 heterocycles. The molecule has 0 fully saturated rings. The number of aliphatic imine (C=N–C) groups is 1. The molecule has 7 heteroatoms. The van der Waals surface area contributed by atoms with Gasteiger partial charge in [-0.1, -0.05) is 12.1 Å². The number of nitrogens with zero attached hydrogens (tertiary/aromatic N) is 1. The second kappa shape index (κ2) is 10.7. The van der Waals surface area contributed by atoms with Crippen molar-refractivity contribution >= 4 is 47.6 Å². The van der Waals surface area contributed by atoms with Gasteiger partial charge in [-0.15, -0.1) is 24.0 Å². The first-order chi connectivity index (χ1) is 10.4. The van der Waals surface area contributed by atoms with Gasteiger partial charge in [-0.2, -0.15) is 11.8 Å². The fourth-order valence-corrected chi connectivity index (χ4v) is 1.96. The number of rotatable bonds is 6. The SMILES string of the molecule is CN=C(NCc1cccc(C(=O)NC)c1)NCC(C)(C)SC.I. The Morgan fingerprint density at radius 2 is 2.00 bits per heavy atom. The average molecular weight is 450 g/mol. The van der Waals surface area contributed by atoms with E-state index < -0.39 is 0 Å². The molecule has 0 aliphatic rings. The number of hydrogen-bond donors (Lipinski definition) is 3. The van der Waals surface area contributed by atoms with Crippen LogP contribution in [-0.4, -0.2) is 43.5 Å². The molecule has 0 saturated carbocycles. The molecule has 0 aromatic heterocycles. The van der Waals surface area contributed by atoms with Crippen LogP contribution in [0.15, 0.2) is 29.3 Å². The number of carbonyl (C=O) groups is 1. The molecule has 0 saturated heterocycles. The number of guanidine groups is 1. The summed E-state index contributed by atoms with van der Waals surface area (Å²) in [5.41, 5.74) is 1.70. The molecule has 130 valence electrons. The number of hydrogen-bond acceptors (Lipinski definition) is 3. The fourth-order valence-electron chi connectivity index (χ4n) is 1.74. The number of halogens is 1. The van der Waals surface area contributed by atoms with Gasteiger partial charge in [-0.3, -0.25) is 9.79 Å². The summed E-state index contributed by atoms with van der Waals surface area (Å²) in [5, 5.41) is 9.21. The third kappa shape index (κ3) is 7.92. The van der Waals surface area contributed by atoms with Gasteiger partial charge >= 0.3 is 0 Å². The summed E-state index contributed by atoms with van der Waals surface area (Å²) < 4.78 is 0.150. The molecule has 1 aromatic rings. The van der Waals surface area contributed by atoms with Crippen molar-refractivity contribution in [1.82, 2.24) is 16.0 Å². The highest BCUT2D eigenvalue weighted by atomic mass is 127. The van der Waals surface area contributed by atoms with Crippen LogP contribution in [0.5, 0.6) is 0 Å². The number of benzene rings is 1. The van der Waals surface area contributed by atoms with Crippen molar-refractivity contribution in [2.75, 3.05) is 26.9 Å². The quantitative estimate of drug-likeness (QED) is 0.354. The second-order valence-electron chi connectivity index (χ2n) is 5.52. The van der Waals surface area contributed by atoms with E-state index in [0.29, 0.717) is 12.1 Å². The zero-order chi connectivity index (χ0) is 16.6. The Morgan fingerprint density at radius 1 is 1.30 bits per heavy atom. The summed E-state index contributed by atoms with van der Waals surface area (Å²) in [4.78, 5) is 15.9. The summed E-state index contributed by atoms with van der Waals surface area (Å²) in [6.45, 7) is 5.81. The van der Waals surface area contributed by atoms with Gasteiger partial charge in [0.1, 0.15) is 0 Å². The van der Waals surface area contributed by atoms with E-state index in [1.165, 1.54) is 0 Å². The molecule has 1 amide bonds. The van der Waals surface area contributed by atoms with Gasteiger partial charge in [0.2, 0.25) is 0 Å². The topological polar surface area (TPSA) is 65.5 Å². The molecule has 5 nitrogen and oxygen atoms in total. The van der Waals surface area contributed by atoms with E-state index in [-0.39, 0.29) is 34.6 Å². The van der Waals surface area contributed by atoms with E-state index in [1.807, 2.05) is 30.0 Å². The van der Waals surface area contributed by atoms with Crippen LogP contribution >= 0.6 is 35.7 Å². The molecule has 0 atom stereocenters. The summed E-state index contributed by atoms with van der Waals surface area (Å²) in [7, 11) is 3.38. The highest BCUT2D eigenvalue weighted by Crippen LogP contribution is 2.19. The molecule has 23 heavy (non-hydrogen) atoms. The van der Waals surface area contributed by atoms with Gasteiger partial charge < -0.3 is 16.0 Å². The molecule has 0 unspecified atom stereocenters. The van der Waals surface area contributed by atoms with Gasteiger partial charge in [0, 0.05) is 37.5 Å². The van der Waals surface area contributed by atoms with Gasteiger partial charge in [-0.25, -0.2) is 0 Å². The lowest BCUT2D eigenvalue weighted by Gasteiger charge is -2.23. The zero-order valence-corrected chi connectivity index (χ0v) is 17.5. The predicted molar refractivity (Wildman–Crippen MR) is 111 cm³/mol. The third-order valence-electron chi connectivity index (χ3n) is 3.33. The molecule has 0 bridgehead atoms. The van der Waals surface area contributed by atoms with Crippen molar-refractivity contribution in [3.05, 3.63) is 35.4 Å². The standard InChI is InChI=1S/C16H26N4OS.HI/c1-16(2,22-5)11-20-15(18-4)19-10-12-7-6-8-13(9-12)14(21)17-3;/h6-9H,10-11H2,1-5H3,(H,17,21)(H2,18,19,20);1H. The molecule has 3 N–H and O–H groups in total. The first kappa shape index (κ1) is 22.0. The molecular formula is C16H27IN4OS. The Kier molecular flexibility index (Phi) is 10.3. The van der Waals surface area contributed by atoms with Crippen LogP contribution in [0.2, 0.25) is 0 Å². The predicted octanol–water partition coefficient (Wildman–Crippen LogP) is 2.47. The summed E-state index contributed by atoms with van der Waals surface area (Å²) in [6, 6.07) is 7.55. The van der Waals surface area contributed by atoms with Gasteiger partial charge in [0.15, 0.2) is 5.96 Å². The van der Waals surface area contributed by atoms with Gasteiger partial charge in [0.25, 0.3) is 5.91 Å². The Hall–Kier alpha value is -0.960. The molecule has 0 aliphatic carbocycles. The van der Waals surface area contributed by atoms with Crippen LogP contribution in [0.1, 0.15) is 29.8 Å². The van der Waals surface area contributed by atoms with Crippen LogP contribution in [-0.2, 0) is 6.54 Å². The van der Waals surface area contributed by atoms with E-state index in [4.69, 9.17) is 0 Å². The van der Waals surface area contributed by atoms with Crippen LogP contribution < -0.4 is 16.0 Å². The van der Waals surface area contributed by atoms with Crippen LogP contribution in [0, 0.1) is 0 Å². The molecule has 0 aliphatic heterocycles. The maximum atomic E-state index is 11.6. The van der Waals surface area contributed by atoms with E-state index in [9.17, 15) is 4.79 Å². The van der Waals surface area contributed by atoms with Crippen molar-refractivity contribution in [3.63, 3.8) is 0 Å². The molecule has 1 aromatic carbocycles. The van der Waals surface area contributed by atoms with Crippen molar-refractivity contribution in [3.8, 4) is 0 Å². The maximum absolute atomic E-state index is 11.6. The number of amides is 1. The van der Waals surface area contributed by atoms with Gasteiger partial charge in [-0.05, 0) is 37.8 Å². The summed E-state index contributed by atoms with van der Waals surface area (Å²) in [6.07, 6.45) is 2.10. The first-order valence-corrected chi connectivity index (χ1v) is 8.45.